The van der Waals surface area contributed by atoms with Gasteiger partial charge in [-0.3, -0.25) is 9.59 Å². The van der Waals surface area contributed by atoms with E-state index in [9.17, 15) is 14.7 Å². The number of hydrogen-bond acceptors (Lipinski definition) is 2. The molecular formula is C15H18ClNO3. The van der Waals surface area contributed by atoms with Gasteiger partial charge in [-0.1, -0.05) is 24.6 Å². The van der Waals surface area contributed by atoms with Crippen molar-refractivity contribution in [2.45, 2.75) is 26.7 Å². The summed E-state index contributed by atoms with van der Waals surface area (Å²) in [5, 5.41) is 12.4. The maximum absolute atomic E-state index is 12.3. The summed E-state index contributed by atoms with van der Waals surface area (Å²) in [7, 11) is 0. The Labute approximate surface area is 123 Å². The van der Waals surface area contributed by atoms with Gasteiger partial charge in [-0.2, -0.15) is 0 Å². The van der Waals surface area contributed by atoms with Crippen LogP contribution in [0.5, 0.6) is 0 Å². The first-order valence-electron chi connectivity index (χ1n) is 6.68. The van der Waals surface area contributed by atoms with Gasteiger partial charge in [0.1, 0.15) is 0 Å². The topological polar surface area (TPSA) is 66.4 Å². The summed E-state index contributed by atoms with van der Waals surface area (Å²) in [4.78, 5) is 23.5. The molecule has 5 heteroatoms. The molecule has 108 valence electrons. The Hall–Kier alpha value is -1.55. The van der Waals surface area contributed by atoms with E-state index in [0.717, 1.165) is 5.56 Å². The first kappa shape index (κ1) is 14.9. The molecule has 0 radical (unpaired) electrons. The minimum absolute atomic E-state index is 0.250. The van der Waals surface area contributed by atoms with E-state index in [1.807, 2.05) is 19.9 Å². The van der Waals surface area contributed by atoms with Crippen molar-refractivity contribution < 1.29 is 14.7 Å². The van der Waals surface area contributed by atoms with Gasteiger partial charge in [0.2, 0.25) is 5.91 Å². The van der Waals surface area contributed by atoms with Crippen LogP contribution in [0.4, 0.5) is 5.69 Å². The number of carboxylic acids is 1. The number of aliphatic carboxylic acids is 1. The average Bonchev–Trinajstić information content (AvgIpc) is 2.75. The molecule has 1 aromatic carbocycles. The second-order valence-electron chi connectivity index (χ2n) is 5.60. The lowest BCUT2D eigenvalue weighted by Gasteiger charge is -2.16. The first-order valence-corrected chi connectivity index (χ1v) is 7.06. The second kappa shape index (κ2) is 5.83. The van der Waals surface area contributed by atoms with Gasteiger partial charge in [-0.25, -0.2) is 0 Å². The predicted octanol–water partition coefficient (Wildman–Crippen LogP) is 3.33. The Morgan fingerprint density at radius 3 is 2.55 bits per heavy atom. The number of amides is 1. The zero-order valence-electron chi connectivity index (χ0n) is 11.5. The molecule has 1 aromatic rings. The number of rotatable bonds is 3. The van der Waals surface area contributed by atoms with Crippen molar-refractivity contribution in [1.82, 2.24) is 0 Å². The van der Waals surface area contributed by atoms with E-state index >= 15 is 0 Å². The SMILES string of the molecule is Cc1ccc(NC(=O)[C@H]2CC(C)C[C@H]2C(=O)O)c(Cl)c1. The van der Waals surface area contributed by atoms with Gasteiger partial charge in [0.15, 0.2) is 0 Å². The molecule has 0 saturated heterocycles. The van der Waals surface area contributed by atoms with Crippen molar-refractivity contribution in [2.75, 3.05) is 5.32 Å². The highest BCUT2D eigenvalue weighted by Gasteiger charge is 2.41. The highest BCUT2D eigenvalue weighted by molar-refractivity contribution is 6.33. The first-order chi connectivity index (χ1) is 9.38. The number of anilines is 1. The van der Waals surface area contributed by atoms with Crippen LogP contribution in [0, 0.1) is 24.7 Å². The summed E-state index contributed by atoms with van der Waals surface area (Å²) in [5.74, 6) is -1.99. The van der Waals surface area contributed by atoms with E-state index in [-0.39, 0.29) is 11.8 Å². The van der Waals surface area contributed by atoms with E-state index < -0.39 is 17.8 Å². The monoisotopic (exact) mass is 295 g/mol. The molecule has 2 N–H and O–H groups in total. The minimum atomic E-state index is -0.899. The largest absolute Gasteiger partial charge is 0.481 e. The van der Waals surface area contributed by atoms with Gasteiger partial charge in [-0.15, -0.1) is 0 Å². The minimum Gasteiger partial charge on any atom is -0.481 e. The fraction of sp³-hybridized carbons (Fsp3) is 0.467. The molecule has 2 rings (SSSR count). The molecule has 0 heterocycles. The van der Waals surface area contributed by atoms with Crippen molar-refractivity contribution in [3.63, 3.8) is 0 Å². The molecule has 1 fully saturated rings. The Bertz CT molecular complexity index is 544. The molecule has 1 amide bonds. The number of carbonyl (C=O) groups excluding carboxylic acids is 1. The molecular weight excluding hydrogens is 278 g/mol. The van der Waals surface area contributed by atoms with E-state index in [0.29, 0.717) is 23.6 Å². The summed E-state index contributed by atoms with van der Waals surface area (Å²) in [5.41, 5.74) is 1.54. The van der Waals surface area contributed by atoms with Crippen molar-refractivity contribution >= 4 is 29.2 Å². The maximum atomic E-state index is 12.3. The molecule has 3 atom stereocenters. The van der Waals surface area contributed by atoms with Crippen LogP contribution in [0.15, 0.2) is 18.2 Å². The molecule has 1 saturated carbocycles. The second-order valence-corrected chi connectivity index (χ2v) is 6.01. The lowest BCUT2D eigenvalue weighted by Crippen LogP contribution is -2.30. The van der Waals surface area contributed by atoms with Crippen LogP contribution in [0.2, 0.25) is 5.02 Å². The van der Waals surface area contributed by atoms with Crippen LogP contribution in [-0.2, 0) is 9.59 Å². The van der Waals surface area contributed by atoms with Gasteiger partial charge in [-0.05, 0) is 43.4 Å². The third-order valence-electron chi connectivity index (χ3n) is 3.83. The third kappa shape index (κ3) is 3.12. The number of aryl methyl sites for hydroxylation is 1. The molecule has 0 aliphatic heterocycles. The van der Waals surface area contributed by atoms with Crippen LogP contribution in [0.1, 0.15) is 25.3 Å². The van der Waals surface area contributed by atoms with Crippen LogP contribution in [0.25, 0.3) is 0 Å². The Morgan fingerprint density at radius 2 is 1.95 bits per heavy atom. The predicted molar refractivity (Wildman–Crippen MR) is 77.8 cm³/mol. The van der Waals surface area contributed by atoms with E-state index in [2.05, 4.69) is 5.32 Å². The summed E-state index contributed by atoms with van der Waals surface area (Å²) in [6.45, 7) is 3.89. The third-order valence-corrected chi connectivity index (χ3v) is 4.15. The number of carbonyl (C=O) groups is 2. The molecule has 1 aliphatic carbocycles. The molecule has 0 bridgehead atoms. The van der Waals surface area contributed by atoms with E-state index in [4.69, 9.17) is 11.6 Å². The fourth-order valence-electron chi connectivity index (χ4n) is 2.80. The van der Waals surface area contributed by atoms with E-state index in [1.54, 1.807) is 12.1 Å². The van der Waals surface area contributed by atoms with Crippen LogP contribution >= 0.6 is 11.6 Å². The van der Waals surface area contributed by atoms with Gasteiger partial charge < -0.3 is 10.4 Å². The number of halogens is 1. The van der Waals surface area contributed by atoms with Crippen LogP contribution < -0.4 is 5.32 Å². The summed E-state index contributed by atoms with van der Waals surface area (Å²) in [6, 6.07) is 5.36. The molecule has 1 aliphatic rings. The van der Waals surface area contributed by atoms with Crippen molar-refractivity contribution in [3.8, 4) is 0 Å². The van der Waals surface area contributed by atoms with Gasteiger partial charge in [0, 0.05) is 0 Å². The number of nitrogens with one attached hydrogen (secondary N) is 1. The van der Waals surface area contributed by atoms with Gasteiger partial charge in [0.05, 0.1) is 22.5 Å². The highest BCUT2D eigenvalue weighted by atomic mass is 35.5. The molecule has 0 aromatic heterocycles. The standard InChI is InChI=1S/C15H18ClNO3/c1-8-3-4-13(12(16)7-8)17-14(18)10-5-9(2)6-11(10)15(19)20/h3-4,7,9-11H,5-6H2,1-2H3,(H,17,18)(H,19,20)/t9?,10-,11+/m0/s1. The normalized spacial score (nSPS) is 25.4. The molecule has 0 spiro atoms. The quantitative estimate of drug-likeness (QED) is 0.899. The van der Waals surface area contributed by atoms with Gasteiger partial charge in [0.25, 0.3) is 0 Å². The average molecular weight is 296 g/mol. The zero-order valence-corrected chi connectivity index (χ0v) is 12.3. The maximum Gasteiger partial charge on any atom is 0.307 e. The van der Waals surface area contributed by atoms with Crippen molar-refractivity contribution in [3.05, 3.63) is 28.8 Å². The summed E-state index contributed by atoms with van der Waals surface area (Å²) in [6.07, 6.45) is 1.15. The highest BCUT2D eigenvalue weighted by Crippen LogP contribution is 2.37. The van der Waals surface area contributed by atoms with Crippen LogP contribution in [0.3, 0.4) is 0 Å². The fourth-order valence-corrected chi connectivity index (χ4v) is 3.08. The Morgan fingerprint density at radius 1 is 1.30 bits per heavy atom. The molecule has 1 unspecified atom stereocenters. The summed E-state index contributed by atoms with van der Waals surface area (Å²) >= 11 is 6.08. The number of hydrogen-bond donors (Lipinski definition) is 2. The van der Waals surface area contributed by atoms with E-state index in [1.165, 1.54) is 0 Å². The Balaban J connectivity index is 2.13. The zero-order chi connectivity index (χ0) is 14.9. The summed E-state index contributed by atoms with van der Waals surface area (Å²) < 4.78 is 0. The lowest BCUT2D eigenvalue weighted by atomic mass is 9.95. The van der Waals surface area contributed by atoms with Crippen molar-refractivity contribution in [2.24, 2.45) is 17.8 Å². The van der Waals surface area contributed by atoms with Crippen molar-refractivity contribution in [1.29, 1.82) is 0 Å². The number of carboxylic acid groups (broad SMARTS) is 1. The molecule has 20 heavy (non-hydrogen) atoms. The number of benzene rings is 1. The smallest absolute Gasteiger partial charge is 0.307 e. The Kier molecular flexibility index (Phi) is 4.33. The van der Waals surface area contributed by atoms with Gasteiger partial charge >= 0.3 is 5.97 Å². The van der Waals surface area contributed by atoms with Crippen LogP contribution in [-0.4, -0.2) is 17.0 Å². The lowest BCUT2D eigenvalue weighted by molar-refractivity contribution is -0.145. The molecule has 4 nitrogen and oxygen atoms in total.